The lowest BCUT2D eigenvalue weighted by Gasteiger charge is -2.12. The highest BCUT2D eigenvalue weighted by Gasteiger charge is 2.14. The monoisotopic (exact) mass is 386 g/mol. The fraction of sp³-hybridized carbons (Fsp3) is 0.250. The lowest BCUT2D eigenvalue weighted by atomic mass is 9.98. The molecule has 0 spiro atoms. The maximum atomic E-state index is 12.1. The number of hydrogen-bond donors (Lipinski definition) is 2. The summed E-state index contributed by atoms with van der Waals surface area (Å²) >= 11 is 1.23. The molecule has 0 aromatic heterocycles. The molecule has 6 nitrogen and oxygen atoms in total. The predicted octanol–water partition coefficient (Wildman–Crippen LogP) is 2.94. The second-order valence-corrected chi connectivity index (χ2v) is 6.99. The summed E-state index contributed by atoms with van der Waals surface area (Å²) < 4.78 is 5.07. The zero-order valence-electron chi connectivity index (χ0n) is 15.0. The van der Waals surface area contributed by atoms with Crippen molar-refractivity contribution in [3.05, 3.63) is 60.2 Å². The van der Waals surface area contributed by atoms with Gasteiger partial charge in [0, 0.05) is 4.90 Å². The number of nitrogens with two attached hydrogens (primary N) is 1. The van der Waals surface area contributed by atoms with Crippen LogP contribution >= 0.6 is 11.8 Å². The Morgan fingerprint density at radius 1 is 1.07 bits per heavy atom. The third-order valence-corrected chi connectivity index (χ3v) is 4.83. The lowest BCUT2D eigenvalue weighted by molar-refractivity contribution is -0.147. The van der Waals surface area contributed by atoms with Crippen molar-refractivity contribution < 1.29 is 19.1 Å². The van der Waals surface area contributed by atoms with Crippen LogP contribution in [0.5, 0.6) is 0 Å². The van der Waals surface area contributed by atoms with Gasteiger partial charge in [0.25, 0.3) is 5.91 Å². The van der Waals surface area contributed by atoms with Gasteiger partial charge >= 0.3 is 5.97 Å². The van der Waals surface area contributed by atoms with Crippen molar-refractivity contribution in [3.8, 4) is 0 Å². The number of benzene rings is 2. The number of carbonyl (C=O) groups is 3. The number of anilines is 1. The largest absolute Gasteiger partial charge is 0.456 e. The summed E-state index contributed by atoms with van der Waals surface area (Å²) in [6.07, 6.45) is 0.197. The van der Waals surface area contributed by atoms with Crippen LogP contribution in [0.2, 0.25) is 0 Å². The second-order valence-electron chi connectivity index (χ2n) is 5.98. The van der Waals surface area contributed by atoms with Crippen molar-refractivity contribution in [3.63, 3.8) is 0 Å². The van der Waals surface area contributed by atoms with Crippen molar-refractivity contribution in [2.45, 2.75) is 24.2 Å². The highest BCUT2D eigenvalue weighted by Crippen LogP contribution is 2.26. The third-order valence-electron chi connectivity index (χ3n) is 3.74. The molecule has 7 heteroatoms. The SMILES string of the molecule is C[C@@H](CC(=O)OCC(=O)Nc1ccccc1SCC(N)=O)c1ccccc1. The zero-order chi connectivity index (χ0) is 19.6. The van der Waals surface area contributed by atoms with E-state index in [4.69, 9.17) is 10.5 Å². The maximum Gasteiger partial charge on any atom is 0.306 e. The van der Waals surface area contributed by atoms with Crippen LogP contribution in [0.1, 0.15) is 24.8 Å². The Kier molecular flexibility index (Phi) is 7.88. The van der Waals surface area contributed by atoms with Gasteiger partial charge in [-0.15, -0.1) is 11.8 Å². The van der Waals surface area contributed by atoms with E-state index in [9.17, 15) is 14.4 Å². The molecule has 27 heavy (non-hydrogen) atoms. The predicted molar refractivity (Wildman–Crippen MR) is 105 cm³/mol. The third kappa shape index (κ3) is 7.15. The summed E-state index contributed by atoms with van der Waals surface area (Å²) in [5, 5.41) is 2.69. The molecule has 0 saturated carbocycles. The van der Waals surface area contributed by atoms with E-state index >= 15 is 0 Å². The number of rotatable bonds is 9. The molecule has 1 atom stereocenters. The number of carbonyl (C=O) groups excluding carboxylic acids is 3. The molecule has 0 saturated heterocycles. The molecule has 2 rings (SSSR count). The van der Waals surface area contributed by atoms with Crippen LogP contribution in [-0.4, -0.2) is 30.1 Å². The topological polar surface area (TPSA) is 98.5 Å². The van der Waals surface area contributed by atoms with Crippen molar-refractivity contribution in [2.75, 3.05) is 17.7 Å². The minimum Gasteiger partial charge on any atom is -0.456 e. The van der Waals surface area contributed by atoms with Crippen LogP contribution in [-0.2, 0) is 19.1 Å². The number of hydrogen-bond acceptors (Lipinski definition) is 5. The van der Waals surface area contributed by atoms with Gasteiger partial charge in [-0.25, -0.2) is 0 Å². The van der Waals surface area contributed by atoms with E-state index in [2.05, 4.69) is 5.32 Å². The minimum absolute atomic E-state index is 0.00712. The number of nitrogens with one attached hydrogen (secondary N) is 1. The van der Waals surface area contributed by atoms with Crippen LogP contribution in [0.3, 0.4) is 0 Å². The summed E-state index contributed by atoms with van der Waals surface area (Å²) in [5.41, 5.74) is 6.73. The highest BCUT2D eigenvalue weighted by molar-refractivity contribution is 8.00. The fourth-order valence-corrected chi connectivity index (χ4v) is 3.13. The molecule has 2 amide bonds. The van der Waals surface area contributed by atoms with E-state index in [1.807, 2.05) is 37.3 Å². The van der Waals surface area contributed by atoms with Gasteiger partial charge in [-0.1, -0.05) is 49.4 Å². The molecule has 142 valence electrons. The molecule has 0 unspecified atom stereocenters. The van der Waals surface area contributed by atoms with E-state index in [0.717, 1.165) is 5.56 Å². The van der Waals surface area contributed by atoms with Gasteiger partial charge in [0.05, 0.1) is 17.9 Å². The van der Waals surface area contributed by atoms with Crippen molar-refractivity contribution >= 4 is 35.2 Å². The summed E-state index contributed by atoms with van der Waals surface area (Å²) in [6.45, 7) is 1.57. The Morgan fingerprint density at radius 2 is 1.74 bits per heavy atom. The summed E-state index contributed by atoms with van der Waals surface area (Å²) in [7, 11) is 0. The van der Waals surface area contributed by atoms with Crippen LogP contribution in [0.25, 0.3) is 0 Å². The van der Waals surface area contributed by atoms with E-state index in [1.54, 1.807) is 24.3 Å². The summed E-state index contributed by atoms with van der Waals surface area (Å²) in [4.78, 5) is 35.7. The van der Waals surface area contributed by atoms with Gasteiger partial charge in [0.1, 0.15) is 0 Å². The maximum absolute atomic E-state index is 12.1. The van der Waals surface area contributed by atoms with Crippen molar-refractivity contribution in [1.29, 1.82) is 0 Å². The van der Waals surface area contributed by atoms with E-state index < -0.39 is 17.8 Å². The minimum atomic E-state index is -0.442. The Hall–Kier alpha value is -2.80. The first-order valence-corrected chi connectivity index (χ1v) is 9.45. The second kappa shape index (κ2) is 10.4. The first-order chi connectivity index (χ1) is 13.0. The molecule has 2 aromatic carbocycles. The van der Waals surface area contributed by atoms with Gasteiger partial charge in [-0.2, -0.15) is 0 Å². The fourth-order valence-electron chi connectivity index (χ4n) is 2.39. The quantitative estimate of drug-likeness (QED) is 0.510. The van der Waals surface area contributed by atoms with Gasteiger partial charge in [-0.3, -0.25) is 14.4 Å². The van der Waals surface area contributed by atoms with Crippen LogP contribution < -0.4 is 11.1 Å². The van der Waals surface area contributed by atoms with Crippen LogP contribution in [0.15, 0.2) is 59.5 Å². The lowest BCUT2D eigenvalue weighted by Crippen LogP contribution is -2.22. The van der Waals surface area contributed by atoms with Crippen LogP contribution in [0, 0.1) is 0 Å². The number of thioether (sulfide) groups is 1. The standard InChI is InChI=1S/C20H22N2O4S/c1-14(15-7-3-2-4-8-15)11-20(25)26-12-19(24)22-16-9-5-6-10-17(16)27-13-18(21)23/h2-10,14H,11-13H2,1H3,(H2,21,23)(H,22,24)/t14-/m0/s1. The van der Waals surface area contributed by atoms with E-state index in [1.165, 1.54) is 11.8 Å². The number of amides is 2. The molecule has 0 aliphatic carbocycles. The smallest absolute Gasteiger partial charge is 0.306 e. The molecule has 0 radical (unpaired) electrons. The normalized spacial score (nSPS) is 11.4. The molecular weight excluding hydrogens is 364 g/mol. The van der Waals surface area contributed by atoms with Crippen LogP contribution in [0.4, 0.5) is 5.69 Å². The molecule has 0 heterocycles. The number of primary amides is 1. The first-order valence-electron chi connectivity index (χ1n) is 8.46. The Morgan fingerprint density at radius 3 is 2.44 bits per heavy atom. The zero-order valence-corrected chi connectivity index (χ0v) is 15.8. The Bertz CT molecular complexity index is 796. The molecule has 0 aliphatic rings. The summed E-state index contributed by atoms with van der Waals surface area (Å²) in [6, 6.07) is 16.7. The van der Waals surface area contributed by atoms with Gasteiger partial charge in [0.15, 0.2) is 6.61 Å². The van der Waals surface area contributed by atoms with E-state index in [-0.39, 0.29) is 24.7 Å². The summed E-state index contributed by atoms with van der Waals surface area (Å²) in [5.74, 6) is -1.20. The number of esters is 1. The molecule has 3 N–H and O–H groups in total. The highest BCUT2D eigenvalue weighted by atomic mass is 32.2. The van der Waals surface area contributed by atoms with E-state index in [0.29, 0.717) is 10.6 Å². The first kappa shape index (κ1) is 20.5. The number of ether oxygens (including phenoxy) is 1. The van der Waals surface area contributed by atoms with Gasteiger partial charge in [0.2, 0.25) is 5.91 Å². The Labute approximate surface area is 162 Å². The average molecular weight is 386 g/mol. The van der Waals surface area contributed by atoms with Crippen molar-refractivity contribution in [1.82, 2.24) is 0 Å². The molecular formula is C20H22N2O4S. The molecule has 0 bridgehead atoms. The van der Waals surface area contributed by atoms with Gasteiger partial charge in [-0.05, 0) is 23.6 Å². The molecule has 0 fully saturated rings. The Balaban J connectivity index is 1.82. The van der Waals surface area contributed by atoms with Crippen molar-refractivity contribution in [2.24, 2.45) is 5.73 Å². The molecule has 2 aromatic rings. The number of para-hydroxylation sites is 1. The van der Waals surface area contributed by atoms with Gasteiger partial charge < -0.3 is 15.8 Å². The molecule has 0 aliphatic heterocycles. The average Bonchev–Trinajstić information content (AvgIpc) is 2.66.